The van der Waals surface area contributed by atoms with Crippen LogP contribution in [0.5, 0.6) is 0 Å². The Bertz CT molecular complexity index is 2100. The SMILES string of the molecule is O=C(O)c1c(COC[C@@H]2CN(C(=O)c3cnn(Cc4ccc(F)cc4)c3)CC23CN(C(=O)C2(c4ccccc4F)CC2)C3)cccc1C1CCC(F)(F)CC1. The highest BCUT2D eigenvalue weighted by Gasteiger charge is 2.62. The summed E-state index contributed by atoms with van der Waals surface area (Å²) in [5.74, 6) is -5.50. The molecule has 288 valence electrons. The molecule has 3 heterocycles. The van der Waals surface area contributed by atoms with Gasteiger partial charge in [0.15, 0.2) is 0 Å². The number of benzene rings is 3. The third-order valence-electron chi connectivity index (χ3n) is 12.2. The molecule has 55 heavy (non-hydrogen) atoms. The Kier molecular flexibility index (Phi) is 9.55. The molecule has 2 aliphatic heterocycles. The summed E-state index contributed by atoms with van der Waals surface area (Å²) in [5, 5.41) is 14.6. The molecule has 2 saturated heterocycles. The summed E-state index contributed by atoms with van der Waals surface area (Å²) < 4.78 is 64.0. The van der Waals surface area contributed by atoms with Crippen molar-refractivity contribution in [1.82, 2.24) is 19.6 Å². The maximum absolute atomic E-state index is 14.9. The van der Waals surface area contributed by atoms with Crippen LogP contribution in [0, 0.1) is 23.0 Å². The van der Waals surface area contributed by atoms with Crippen LogP contribution in [-0.2, 0) is 28.1 Å². The molecule has 3 aromatic carbocycles. The van der Waals surface area contributed by atoms with Gasteiger partial charge in [-0.2, -0.15) is 5.10 Å². The maximum atomic E-state index is 14.9. The second-order valence-electron chi connectivity index (χ2n) is 15.9. The van der Waals surface area contributed by atoms with E-state index in [1.165, 1.54) is 24.4 Å². The number of rotatable bonds is 11. The third-order valence-corrected chi connectivity index (χ3v) is 12.2. The number of amides is 2. The molecule has 0 bridgehead atoms. The molecule has 4 aromatic rings. The molecule has 0 unspecified atom stereocenters. The molecule has 4 fully saturated rings. The Hall–Kier alpha value is -5.04. The first kappa shape index (κ1) is 36.9. The number of ether oxygens (including phenoxy) is 1. The Morgan fingerprint density at radius 3 is 2.27 bits per heavy atom. The molecule has 4 aliphatic rings. The Morgan fingerprint density at radius 1 is 0.873 bits per heavy atom. The number of hydrogen-bond donors (Lipinski definition) is 1. The Balaban J connectivity index is 0.990. The molecule has 1 spiro atoms. The van der Waals surface area contributed by atoms with Crippen molar-refractivity contribution < 1.29 is 41.8 Å². The zero-order valence-electron chi connectivity index (χ0n) is 30.2. The molecular formula is C42H42F4N4O5. The van der Waals surface area contributed by atoms with E-state index in [9.17, 15) is 37.1 Å². The van der Waals surface area contributed by atoms with E-state index in [1.807, 2.05) is 0 Å². The monoisotopic (exact) mass is 758 g/mol. The summed E-state index contributed by atoms with van der Waals surface area (Å²) in [6, 6.07) is 17.5. The highest BCUT2D eigenvalue weighted by molar-refractivity contribution is 5.95. The minimum atomic E-state index is -2.74. The largest absolute Gasteiger partial charge is 0.478 e. The lowest BCUT2D eigenvalue weighted by Crippen LogP contribution is -2.64. The summed E-state index contributed by atoms with van der Waals surface area (Å²) in [4.78, 5) is 43.9. The maximum Gasteiger partial charge on any atom is 0.336 e. The van der Waals surface area contributed by atoms with Crippen LogP contribution in [-0.4, -0.2) is 81.2 Å². The first-order valence-electron chi connectivity index (χ1n) is 18.8. The summed E-state index contributed by atoms with van der Waals surface area (Å²) in [5.41, 5.74) is 1.27. The topological polar surface area (TPSA) is 105 Å². The van der Waals surface area contributed by atoms with E-state index >= 15 is 0 Å². The van der Waals surface area contributed by atoms with Crippen molar-refractivity contribution in [3.05, 3.63) is 124 Å². The van der Waals surface area contributed by atoms with Crippen LogP contribution in [0.3, 0.4) is 0 Å². The molecule has 9 nitrogen and oxygen atoms in total. The van der Waals surface area contributed by atoms with Crippen LogP contribution < -0.4 is 0 Å². The molecule has 1 atom stereocenters. The minimum absolute atomic E-state index is 0.0337. The van der Waals surface area contributed by atoms with Gasteiger partial charge in [-0.3, -0.25) is 14.3 Å². The zero-order chi connectivity index (χ0) is 38.5. The van der Waals surface area contributed by atoms with Gasteiger partial charge in [-0.1, -0.05) is 48.5 Å². The second kappa shape index (κ2) is 14.2. The van der Waals surface area contributed by atoms with E-state index in [4.69, 9.17) is 4.74 Å². The van der Waals surface area contributed by atoms with Gasteiger partial charge in [0.1, 0.15) is 11.6 Å². The first-order chi connectivity index (χ1) is 26.4. The minimum Gasteiger partial charge on any atom is -0.478 e. The molecule has 2 aliphatic carbocycles. The van der Waals surface area contributed by atoms with Gasteiger partial charge >= 0.3 is 5.97 Å². The fraction of sp³-hybridized carbons (Fsp3) is 0.429. The van der Waals surface area contributed by atoms with Crippen molar-refractivity contribution in [2.45, 2.75) is 68.9 Å². The average Bonchev–Trinajstić information content (AvgIpc) is 3.66. The first-order valence-corrected chi connectivity index (χ1v) is 18.8. The van der Waals surface area contributed by atoms with Gasteiger partial charge in [-0.25, -0.2) is 22.4 Å². The number of likely N-dealkylation sites (tertiary alicyclic amines) is 2. The van der Waals surface area contributed by atoms with Crippen LogP contribution in [0.1, 0.15) is 87.4 Å². The van der Waals surface area contributed by atoms with Gasteiger partial charge in [-0.05, 0) is 66.5 Å². The van der Waals surface area contributed by atoms with Crippen molar-refractivity contribution >= 4 is 17.8 Å². The molecule has 1 aromatic heterocycles. The predicted molar refractivity (Wildman–Crippen MR) is 193 cm³/mol. The molecule has 1 N–H and O–H groups in total. The lowest BCUT2D eigenvalue weighted by atomic mass is 9.71. The van der Waals surface area contributed by atoms with Gasteiger partial charge in [0.25, 0.3) is 5.91 Å². The van der Waals surface area contributed by atoms with Crippen LogP contribution in [0.15, 0.2) is 79.1 Å². The number of alkyl halides is 2. The van der Waals surface area contributed by atoms with Crippen molar-refractivity contribution in [1.29, 1.82) is 0 Å². The zero-order valence-corrected chi connectivity index (χ0v) is 30.2. The number of halogens is 4. The number of carboxylic acid groups (broad SMARTS) is 1. The van der Waals surface area contributed by atoms with Crippen LogP contribution in [0.2, 0.25) is 0 Å². The average molecular weight is 759 g/mol. The van der Waals surface area contributed by atoms with Crippen molar-refractivity contribution in [3.63, 3.8) is 0 Å². The fourth-order valence-corrected chi connectivity index (χ4v) is 9.03. The summed E-state index contributed by atoms with van der Waals surface area (Å²) >= 11 is 0. The van der Waals surface area contributed by atoms with Crippen LogP contribution in [0.4, 0.5) is 17.6 Å². The highest BCUT2D eigenvalue weighted by atomic mass is 19.3. The molecule has 2 amide bonds. The summed E-state index contributed by atoms with van der Waals surface area (Å²) in [6.07, 6.45) is 4.09. The lowest BCUT2D eigenvalue weighted by Gasteiger charge is -2.52. The van der Waals surface area contributed by atoms with E-state index in [-0.39, 0.29) is 73.9 Å². The molecule has 0 radical (unpaired) electrons. The Morgan fingerprint density at radius 2 is 1.58 bits per heavy atom. The number of nitrogens with zero attached hydrogens (tertiary/aromatic N) is 4. The van der Waals surface area contributed by atoms with Gasteiger partial charge in [-0.15, -0.1) is 0 Å². The highest BCUT2D eigenvalue weighted by Crippen LogP contribution is 2.54. The van der Waals surface area contributed by atoms with Crippen LogP contribution in [0.25, 0.3) is 0 Å². The van der Waals surface area contributed by atoms with E-state index in [1.54, 1.807) is 69.2 Å². The Labute approximate surface area is 315 Å². The predicted octanol–water partition coefficient (Wildman–Crippen LogP) is 7.05. The van der Waals surface area contributed by atoms with Gasteiger partial charge in [0.05, 0.1) is 42.5 Å². The fourth-order valence-electron chi connectivity index (χ4n) is 9.03. The molecule has 13 heteroatoms. The van der Waals surface area contributed by atoms with Gasteiger partial charge < -0.3 is 19.6 Å². The number of carbonyl (C=O) groups excluding carboxylic acids is 2. The smallest absolute Gasteiger partial charge is 0.336 e. The van der Waals surface area contributed by atoms with Crippen molar-refractivity contribution in [2.75, 3.05) is 32.8 Å². The summed E-state index contributed by atoms with van der Waals surface area (Å²) in [6.45, 7) is 1.87. The van der Waals surface area contributed by atoms with E-state index in [2.05, 4.69) is 5.10 Å². The second-order valence-corrected chi connectivity index (χ2v) is 15.9. The molecular weight excluding hydrogens is 716 g/mol. The number of carbonyl (C=O) groups is 3. The van der Waals surface area contributed by atoms with Gasteiger partial charge in [0, 0.05) is 62.1 Å². The number of carboxylic acids is 1. The van der Waals surface area contributed by atoms with Gasteiger partial charge in [0.2, 0.25) is 11.8 Å². The summed E-state index contributed by atoms with van der Waals surface area (Å²) in [7, 11) is 0. The van der Waals surface area contributed by atoms with Crippen LogP contribution >= 0.6 is 0 Å². The molecule has 2 saturated carbocycles. The van der Waals surface area contributed by atoms with E-state index in [0.717, 1.165) is 5.56 Å². The third kappa shape index (κ3) is 7.14. The quantitative estimate of drug-likeness (QED) is 0.165. The number of aromatic carboxylic acids is 1. The standard InChI is InChI=1S/C42H42F4N4O5/c43-32-10-8-27(9-11-32)19-50-20-30(18-47-50)37(51)48-21-31(40(24-48)25-49(26-40)39(54)41(16-17-41)34-6-1-2-7-35(34)44)23-55-22-29-4-3-5-33(36(29)38(52)53)28-12-14-42(45,46)15-13-28/h1-11,18,20,28,31H,12-17,19,21-26H2,(H,52,53)/t31-/m0/s1. The van der Waals surface area contributed by atoms with Crippen molar-refractivity contribution in [3.8, 4) is 0 Å². The van der Waals surface area contributed by atoms with Crippen molar-refractivity contribution in [2.24, 2.45) is 11.3 Å². The lowest BCUT2D eigenvalue weighted by molar-refractivity contribution is -0.149. The van der Waals surface area contributed by atoms with E-state index < -0.39 is 28.5 Å². The number of aromatic nitrogens is 2. The molecule has 8 rings (SSSR count). The van der Waals surface area contributed by atoms with E-state index in [0.29, 0.717) is 67.8 Å². The normalized spacial score (nSPS) is 21.1. The number of hydrogen-bond acceptors (Lipinski definition) is 5.